The number of ether oxygens (including phenoxy) is 2. The Balaban J connectivity index is 1.54. The molecular formula is C19H26N4O3. The number of fused-ring (bicyclic) bond motifs is 1. The van der Waals surface area contributed by atoms with E-state index in [0.29, 0.717) is 18.4 Å². The number of aliphatic hydroxyl groups excluding tert-OH is 1. The largest absolute Gasteiger partial charge is 0.454 e. The number of rotatable bonds is 6. The number of aliphatic hydroxyl groups is 1. The second-order valence-electron chi connectivity index (χ2n) is 6.57. The zero-order valence-electron chi connectivity index (χ0n) is 15.3. The molecule has 0 amide bonds. The third-order valence-electron chi connectivity index (χ3n) is 4.88. The summed E-state index contributed by atoms with van der Waals surface area (Å²) >= 11 is 0. The number of piperazine rings is 1. The highest BCUT2D eigenvalue weighted by molar-refractivity contribution is 5.77. The summed E-state index contributed by atoms with van der Waals surface area (Å²) in [5, 5.41) is 16.7. The van der Waals surface area contributed by atoms with Gasteiger partial charge < -0.3 is 24.9 Å². The van der Waals surface area contributed by atoms with E-state index in [9.17, 15) is 5.11 Å². The molecule has 1 saturated heterocycles. The summed E-state index contributed by atoms with van der Waals surface area (Å²) in [7, 11) is 0. The van der Waals surface area contributed by atoms with Gasteiger partial charge in [0.1, 0.15) is 0 Å². The van der Waals surface area contributed by atoms with E-state index in [1.807, 2.05) is 6.07 Å². The molecule has 2 aliphatic heterocycles. The average molecular weight is 358 g/mol. The Hall–Kier alpha value is -2.38. The number of benzene rings is 1. The fourth-order valence-corrected chi connectivity index (χ4v) is 3.10. The van der Waals surface area contributed by atoms with Crippen molar-refractivity contribution >= 4 is 12.6 Å². The van der Waals surface area contributed by atoms with Gasteiger partial charge in [-0.25, -0.2) is 4.99 Å². The summed E-state index contributed by atoms with van der Waals surface area (Å²) in [6, 6.07) is 6.46. The highest BCUT2D eigenvalue weighted by atomic mass is 16.7. The van der Waals surface area contributed by atoms with Crippen LogP contribution in [-0.4, -0.2) is 66.5 Å². The number of aliphatic imine (C=N–C) groups is 1. The van der Waals surface area contributed by atoms with Crippen LogP contribution in [0.25, 0.3) is 0 Å². The zero-order valence-corrected chi connectivity index (χ0v) is 15.3. The molecule has 1 unspecified atom stereocenters. The Kier molecular flexibility index (Phi) is 5.90. The molecule has 0 radical (unpaired) electrons. The van der Waals surface area contributed by atoms with Crippen molar-refractivity contribution in [1.29, 1.82) is 5.41 Å². The van der Waals surface area contributed by atoms with Crippen LogP contribution in [0.4, 0.5) is 0 Å². The predicted octanol–water partition coefficient (Wildman–Crippen LogP) is 2.04. The Morgan fingerprint density at radius 3 is 2.62 bits per heavy atom. The zero-order chi connectivity index (χ0) is 18.5. The van der Waals surface area contributed by atoms with E-state index in [1.165, 1.54) is 5.56 Å². The van der Waals surface area contributed by atoms with Gasteiger partial charge in [0.2, 0.25) is 6.79 Å². The van der Waals surface area contributed by atoms with Crippen molar-refractivity contribution in [3.05, 3.63) is 35.5 Å². The fourth-order valence-electron chi connectivity index (χ4n) is 3.10. The van der Waals surface area contributed by atoms with Crippen LogP contribution in [0.2, 0.25) is 0 Å². The third kappa shape index (κ3) is 4.23. The van der Waals surface area contributed by atoms with E-state index in [0.717, 1.165) is 43.9 Å². The van der Waals surface area contributed by atoms with Crippen LogP contribution < -0.4 is 9.47 Å². The smallest absolute Gasteiger partial charge is 0.231 e. The summed E-state index contributed by atoms with van der Waals surface area (Å²) in [5.74, 6) is 1.64. The minimum Gasteiger partial charge on any atom is -0.454 e. The lowest BCUT2D eigenvalue weighted by molar-refractivity contribution is 0.143. The van der Waals surface area contributed by atoms with Gasteiger partial charge in [0, 0.05) is 50.2 Å². The number of hydrogen-bond donors (Lipinski definition) is 2. The van der Waals surface area contributed by atoms with Gasteiger partial charge in [0.25, 0.3) is 0 Å². The van der Waals surface area contributed by atoms with Crippen molar-refractivity contribution in [2.75, 3.05) is 33.0 Å². The summed E-state index contributed by atoms with van der Waals surface area (Å²) in [5.41, 5.74) is 1.73. The topological polar surface area (TPSA) is 81.4 Å². The standard InChI is InChI=1S/C19H26N4O3/c1-14(16-3-4-18-19(9-16)26-13-25-18)23-7-5-22(6-8-23)12-21-11-17(10-20)15(2)24/h3-4,9-12,14-15,20,24H,5-8,13H2,1-2H3/b17-11+,20-10?,21-12?/t14-,15?/m0/s1. The summed E-state index contributed by atoms with van der Waals surface area (Å²) < 4.78 is 10.9. The van der Waals surface area contributed by atoms with Crippen LogP contribution in [-0.2, 0) is 0 Å². The molecule has 2 heterocycles. The molecule has 0 spiro atoms. The lowest BCUT2D eigenvalue weighted by atomic mass is 10.1. The number of nitrogens with zero attached hydrogens (tertiary/aromatic N) is 3. The first-order valence-electron chi connectivity index (χ1n) is 8.88. The molecule has 1 aromatic carbocycles. The Bertz CT molecular complexity index is 694. The van der Waals surface area contributed by atoms with Gasteiger partial charge in [-0.15, -0.1) is 0 Å². The molecule has 0 saturated carbocycles. The van der Waals surface area contributed by atoms with Crippen molar-refractivity contribution in [2.45, 2.75) is 26.0 Å². The Labute approximate surface area is 154 Å². The van der Waals surface area contributed by atoms with Gasteiger partial charge in [-0.05, 0) is 31.5 Å². The maximum atomic E-state index is 9.48. The second-order valence-corrected chi connectivity index (χ2v) is 6.57. The quantitative estimate of drug-likeness (QED) is 0.601. The minimum absolute atomic E-state index is 0.300. The van der Waals surface area contributed by atoms with Crippen LogP contribution in [0.1, 0.15) is 25.5 Å². The summed E-state index contributed by atoms with van der Waals surface area (Å²) in [6.45, 7) is 7.81. The molecule has 0 aliphatic carbocycles. The normalized spacial score (nSPS) is 20.4. The second kappa shape index (κ2) is 8.33. The van der Waals surface area contributed by atoms with Crippen LogP contribution in [0.3, 0.4) is 0 Å². The van der Waals surface area contributed by atoms with Gasteiger partial charge in [0.05, 0.1) is 12.4 Å². The Morgan fingerprint density at radius 1 is 1.19 bits per heavy atom. The first kappa shape index (κ1) is 18.4. The van der Waals surface area contributed by atoms with Crippen molar-refractivity contribution in [1.82, 2.24) is 9.80 Å². The summed E-state index contributed by atoms with van der Waals surface area (Å²) in [6.07, 6.45) is 3.78. The van der Waals surface area contributed by atoms with Crippen molar-refractivity contribution in [2.24, 2.45) is 4.99 Å². The van der Waals surface area contributed by atoms with Crippen LogP contribution in [0, 0.1) is 5.41 Å². The van der Waals surface area contributed by atoms with E-state index in [4.69, 9.17) is 14.9 Å². The molecule has 2 N–H and O–H groups in total. The molecule has 7 heteroatoms. The molecule has 3 rings (SSSR count). The number of hydrogen-bond acceptors (Lipinski definition) is 6. The number of nitrogens with one attached hydrogen (secondary N) is 1. The minimum atomic E-state index is -0.677. The fraction of sp³-hybridized carbons (Fsp3) is 0.474. The van der Waals surface area contributed by atoms with Crippen LogP contribution >= 0.6 is 0 Å². The predicted molar refractivity (Wildman–Crippen MR) is 101 cm³/mol. The molecule has 0 aromatic heterocycles. The highest BCUT2D eigenvalue weighted by Crippen LogP contribution is 2.35. The first-order chi connectivity index (χ1) is 12.6. The van der Waals surface area contributed by atoms with Gasteiger partial charge in [0.15, 0.2) is 11.5 Å². The first-order valence-corrected chi connectivity index (χ1v) is 8.88. The lowest BCUT2D eigenvalue weighted by Crippen LogP contribution is -2.46. The van der Waals surface area contributed by atoms with E-state index in [2.05, 4.69) is 33.8 Å². The molecular weight excluding hydrogens is 332 g/mol. The molecule has 7 nitrogen and oxygen atoms in total. The van der Waals surface area contributed by atoms with Crippen molar-refractivity contribution in [3.8, 4) is 11.5 Å². The molecule has 0 bridgehead atoms. The van der Waals surface area contributed by atoms with Crippen LogP contribution in [0.15, 0.2) is 35.0 Å². The summed E-state index contributed by atoms with van der Waals surface area (Å²) in [4.78, 5) is 8.83. The molecule has 1 fully saturated rings. The average Bonchev–Trinajstić information content (AvgIpc) is 3.12. The van der Waals surface area contributed by atoms with E-state index >= 15 is 0 Å². The van der Waals surface area contributed by atoms with E-state index in [-0.39, 0.29) is 0 Å². The Morgan fingerprint density at radius 2 is 1.92 bits per heavy atom. The van der Waals surface area contributed by atoms with Gasteiger partial charge >= 0.3 is 0 Å². The molecule has 26 heavy (non-hydrogen) atoms. The lowest BCUT2D eigenvalue weighted by Gasteiger charge is -2.37. The maximum absolute atomic E-state index is 9.48. The van der Waals surface area contributed by atoms with Crippen LogP contribution in [0.5, 0.6) is 11.5 Å². The molecule has 2 atom stereocenters. The molecule has 2 aliphatic rings. The highest BCUT2D eigenvalue weighted by Gasteiger charge is 2.23. The maximum Gasteiger partial charge on any atom is 0.231 e. The van der Waals surface area contributed by atoms with Gasteiger partial charge in [-0.2, -0.15) is 0 Å². The van der Waals surface area contributed by atoms with Crippen molar-refractivity contribution < 1.29 is 14.6 Å². The monoisotopic (exact) mass is 358 g/mol. The van der Waals surface area contributed by atoms with E-state index < -0.39 is 6.10 Å². The molecule has 140 valence electrons. The van der Waals surface area contributed by atoms with Gasteiger partial charge in [-0.3, -0.25) is 4.90 Å². The SMILES string of the molecule is CC(O)/C(C=N)=C/N=CN1CCN([C@@H](C)c2ccc3c(c2)OCO3)CC1. The van der Waals surface area contributed by atoms with E-state index in [1.54, 1.807) is 19.5 Å². The molecule has 1 aromatic rings. The van der Waals surface area contributed by atoms with Crippen molar-refractivity contribution in [3.63, 3.8) is 0 Å². The van der Waals surface area contributed by atoms with Gasteiger partial charge in [-0.1, -0.05) is 6.07 Å². The third-order valence-corrected chi connectivity index (χ3v) is 4.88.